The van der Waals surface area contributed by atoms with E-state index in [0.717, 1.165) is 68.0 Å². The van der Waals surface area contributed by atoms with Crippen LogP contribution in [0.15, 0.2) is 24.3 Å². The highest BCUT2D eigenvalue weighted by atomic mass is 16.7. The van der Waals surface area contributed by atoms with E-state index < -0.39 is 0 Å². The van der Waals surface area contributed by atoms with E-state index in [1.807, 2.05) is 30.0 Å². The van der Waals surface area contributed by atoms with E-state index in [4.69, 9.17) is 14.5 Å². The first kappa shape index (κ1) is 20.8. The minimum absolute atomic E-state index is 0.131. The maximum Gasteiger partial charge on any atom is 0.231 e. The van der Waals surface area contributed by atoms with E-state index in [1.165, 1.54) is 0 Å². The molecule has 0 N–H and O–H groups in total. The summed E-state index contributed by atoms with van der Waals surface area (Å²) in [6.45, 7) is 9.13. The zero-order chi connectivity index (χ0) is 22.1. The van der Waals surface area contributed by atoms with Gasteiger partial charge in [0.05, 0.1) is 6.42 Å². The highest BCUT2D eigenvalue weighted by molar-refractivity contribution is 5.79. The third-order valence-electron chi connectivity index (χ3n) is 6.36. The number of carbonyl (C=O) groups excluding carboxylic acids is 1. The molecular weight excluding hydrogens is 408 g/mol. The van der Waals surface area contributed by atoms with Gasteiger partial charge >= 0.3 is 0 Å². The number of amides is 1. The molecule has 2 aromatic rings. The standard InChI is InChI=1S/C23H30N6O3/c1-17-13-21(27-7-5-26(2)6-8-27)25-23(24-17)29-11-9-28(10-12-29)22(30)15-18-3-4-19-20(14-18)32-16-31-19/h3-4,13-14H,5-12,15-16H2,1-2H3. The summed E-state index contributed by atoms with van der Waals surface area (Å²) in [5.74, 6) is 3.35. The summed E-state index contributed by atoms with van der Waals surface area (Å²) in [7, 11) is 2.15. The van der Waals surface area contributed by atoms with Crippen LogP contribution in [0.4, 0.5) is 11.8 Å². The second-order valence-electron chi connectivity index (χ2n) is 8.69. The summed E-state index contributed by atoms with van der Waals surface area (Å²) in [4.78, 5) is 31.2. The smallest absolute Gasteiger partial charge is 0.231 e. The molecule has 3 aliphatic heterocycles. The highest BCUT2D eigenvalue weighted by Gasteiger charge is 2.25. The molecule has 1 amide bonds. The lowest BCUT2D eigenvalue weighted by atomic mass is 10.1. The van der Waals surface area contributed by atoms with E-state index in [9.17, 15) is 4.79 Å². The molecule has 0 aliphatic carbocycles. The first-order chi connectivity index (χ1) is 15.5. The zero-order valence-corrected chi connectivity index (χ0v) is 18.8. The summed E-state index contributed by atoms with van der Waals surface area (Å²) < 4.78 is 10.8. The van der Waals surface area contributed by atoms with E-state index in [-0.39, 0.29) is 12.7 Å². The maximum atomic E-state index is 12.8. The molecule has 9 nitrogen and oxygen atoms in total. The molecular formula is C23H30N6O3. The largest absolute Gasteiger partial charge is 0.454 e. The number of aryl methyl sites for hydroxylation is 1. The fourth-order valence-electron chi connectivity index (χ4n) is 4.37. The molecule has 5 rings (SSSR count). The van der Waals surface area contributed by atoms with Crippen molar-refractivity contribution in [1.82, 2.24) is 19.8 Å². The third kappa shape index (κ3) is 4.43. The Bertz CT molecular complexity index is 984. The van der Waals surface area contributed by atoms with Crippen LogP contribution in [0, 0.1) is 6.92 Å². The average molecular weight is 439 g/mol. The molecule has 0 bridgehead atoms. The number of rotatable bonds is 4. The number of anilines is 2. The van der Waals surface area contributed by atoms with Crippen LogP contribution in [0.3, 0.4) is 0 Å². The van der Waals surface area contributed by atoms with Gasteiger partial charge in [-0.05, 0) is 31.7 Å². The van der Waals surface area contributed by atoms with Crippen molar-refractivity contribution in [3.63, 3.8) is 0 Å². The number of fused-ring (bicyclic) bond motifs is 1. The van der Waals surface area contributed by atoms with E-state index in [2.05, 4.69) is 32.8 Å². The topological polar surface area (TPSA) is 74.3 Å². The highest BCUT2D eigenvalue weighted by Crippen LogP contribution is 2.32. The van der Waals surface area contributed by atoms with Crippen molar-refractivity contribution in [3.8, 4) is 11.5 Å². The van der Waals surface area contributed by atoms with E-state index >= 15 is 0 Å². The molecule has 0 atom stereocenters. The third-order valence-corrected chi connectivity index (χ3v) is 6.36. The van der Waals surface area contributed by atoms with Crippen molar-refractivity contribution >= 4 is 17.7 Å². The van der Waals surface area contributed by atoms with Gasteiger partial charge in [0.15, 0.2) is 11.5 Å². The summed E-state index contributed by atoms with van der Waals surface area (Å²) in [6, 6.07) is 7.77. The van der Waals surface area contributed by atoms with Gasteiger partial charge < -0.3 is 29.1 Å². The Morgan fingerprint density at radius 3 is 2.41 bits per heavy atom. The Hall–Kier alpha value is -3.07. The lowest BCUT2D eigenvalue weighted by Gasteiger charge is -2.36. The molecule has 9 heteroatoms. The van der Waals surface area contributed by atoms with Crippen LogP contribution < -0.4 is 19.3 Å². The number of aromatic nitrogens is 2. The molecule has 0 spiro atoms. The van der Waals surface area contributed by atoms with Crippen molar-refractivity contribution in [2.75, 3.05) is 76.0 Å². The molecule has 170 valence electrons. The Balaban J connectivity index is 1.19. The number of piperazine rings is 2. The minimum Gasteiger partial charge on any atom is -0.454 e. The normalized spacial score (nSPS) is 18.9. The predicted molar refractivity (Wildman–Crippen MR) is 122 cm³/mol. The second-order valence-corrected chi connectivity index (χ2v) is 8.69. The Morgan fingerprint density at radius 1 is 0.906 bits per heavy atom. The number of hydrogen-bond acceptors (Lipinski definition) is 8. The predicted octanol–water partition coefficient (Wildman–Crippen LogP) is 1.16. The van der Waals surface area contributed by atoms with Crippen LogP contribution in [0.2, 0.25) is 0 Å². The summed E-state index contributed by atoms with van der Waals surface area (Å²) in [5, 5.41) is 0. The van der Waals surface area contributed by atoms with Gasteiger partial charge in [0.2, 0.25) is 18.6 Å². The van der Waals surface area contributed by atoms with Gasteiger partial charge in [-0.15, -0.1) is 0 Å². The SMILES string of the molecule is Cc1cc(N2CCN(C)CC2)nc(N2CCN(C(=O)Cc3ccc4c(c3)OCO4)CC2)n1. The molecule has 32 heavy (non-hydrogen) atoms. The van der Waals surface area contributed by atoms with Crippen LogP contribution in [0.25, 0.3) is 0 Å². The van der Waals surface area contributed by atoms with E-state index in [0.29, 0.717) is 25.3 Å². The van der Waals surface area contributed by atoms with Crippen molar-refractivity contribution in [2.45, 2.75) is 13.3 Å². The van der Waals surface area contributed by atoms with Gasteiger partial charge in [-0.2, -0.15) is 4.98 Å². The summed E-state index contributed by atoms with van der Waals surface area (Å²) in [6.07, 6.45) is 0.366. The molecule has 3 aliphatic rings. The quantitative estimate of drug-likeness (QED) is 0.704. The maximum absolute atomic E-state index is 12.8. The molecule has 0 unspecified atom stereocenters. The molecule has 1 aromatic carbocycles. The summed E-state index contributed by atoms with van der Waals surface area (Å²) in [5.41, 5.74) is 1.92. The van der Waals surface area contributed by atoms with Crippen LogP contribution in [-0.2, 0) is 11.2 Å². The van der Waals surface area contributed by atoms with Crippen LogP contribution in [0.5, 0.6) is 11.5 Å². The molecule has 4 heterocycles. The number of carbonyl (C=O) groups is 1. The lowest BCUT2D eigenvalue weighted by Crippen LogP contribution is -2.50. The fourth-order valence-corrected chi connectivity index (χ4v) is 4.37. The van der Waals surface area contributed by atoms with Crippen molar-refractivity contribution in [2.24, 2.45) is 0 Å². The Labute approximate surface area is 188 Å². The van der Waals surface area contributed by atoms with Crippen LogP contribution >= 0.6 is 0 Å². The second kappa shape index (κ2) is 8.82. The summed E-state index contributed by atoms with van der Waals surface area (Å²) >= 11 is 0. The van der Waals surface area contributed by atoms with Crippen molar-refractivity contribution < 1.29 is 14.3 Å². The van der Waals surface area contributed by atoms with Crippen LogP contribution in [-0.4, -0.2) is 91.9 Å². The molecule has 1 aromatic heterocycles. The van der Waals surface area contributed by atoms with Gasteiger partial charge in [-0.1, -0.05) is 6.07 Å². The number of hydrogen-bond donors (Lipinski definition) is 0. The van der Waals surface area contributed by atoms with Crippen LogP contribution in [0.1, 0.15) is 11.3 Å². The Morgan fingerprint density at radius 2 is 1.62 bits per heavy atom. The molecule has 0 saturated carbocycles. The minimum atomic E-state index is 0.131. The Kier molecular flexibility index (Phi) is 5.73. The number of likely N-dealkylation sites (N-methyl/N-ethyl adjacent to an activating group) is 1. The van der Waals surface area contributed by atoms with Gasteiger partial charge in [0.1, 0.15) is 5.82 Å². The first-order valence-corrected chi connectivity index (χ1v) is 11.3. The van der Waals surface area contributed by atoms with Crippen molar-refractivity contribution in [1.29, 1.82) is 0 Å². The van der Waals surface area contributed by atoms with Gasteiger partial charge in [-0.25, -0.2) is 4.98 Å². The fraction of sp³-hybridized carbons (Fsp3) is 0.522. The van der Waals surface area contributed by atoms with Gasteiger partial charge in [0, 0.05) is 64.1 Å². The zero-order valence-electron chi connectivity index (χ0n) is 18.8. The first-order valence-electron chi connectivity index (χ1n) is 11.3. The van der Waals surface area contributed by atoms with Gasteiger partial charge in [0.25, 0.3) is 0 Å². The van der Waals surface area contributed by atoms with E-state index in [1.54, 1.807) is 0 Å². The molecule has 2 saturated heterocycles. The molecule has 2 fully saturated rings. The average Bonchev–Trinajstić information content (AvgIpc) is 3.27. The number of ether oxygens (including phenoxy) is 2. The van der Waals surface area contributed by atoms with Gasteiger partial charge in [-0.3, -0.25) is 4.79 Å². The number of nitrogens with zero attached hydrogens (tertiary/aromatic N) is 6. The lowest BCUT2D eigenvalue weighted by molar-refractivity contribution is -0.130. The number of benzene rings is 1. The monoisotopic (exact) mass is 438 g/mol. The van der Waals surface area contributed by atoms with Crippen molar-refractivity contribution in [3.05, 3.63) is 35.5 Å². The molecule has 0 radical (unpaired) electrons.